The molecule has 1 unspecified atom stereocenters. The van der Waals surface area contributed by atoms with Crippen molar-refractivity contribution in [2.45, 2.75) is 26.4 Å². The van der Waals surface area contributed by atoms with Crippen LogP contribution in [0.15, 0.2) is 36.7 Å². The third-order valence-corrected chi connectivity index (χ3v) is 3.80. The SMILES string of the molecule is CCN(C)C(=O)C(C)NCc1cccc(-c2cnn(C)c2)c1. The van der Waals surface area contributed by atoms with Crippen LogP contribution in [0.1, 0.15) is 19.4 Å². The Hall–Kier alpha value is -2.14. The number of aryl methyl sites for hydroxylation is 1. The molecule has 0 radical (unpaired) electrons. The fourth-order valence-electron chi connectivity index (χ4n) is 2.28. The van der Waals surface area contributed by atoms with Crippen LogP contribution in [0.5, 0.6) is 0 Å². The number of nitrogens with one attached hydrogen (secondary N) is 1. The van der Waals surface area contributed by atoms with Crippen molar-refractivity contribution >= 4 is 5.91 Å². The summed E-state index contributed by atoms with van der Waals surface area (Å²) < 4.78 is 1.79. The first-order chi connectivity index (χ1) is 10.5. The van der Waals surface area contributed by atoms with Crippen LogP contribution in [0.4, 0.5) is 0 Å². The number of hydrogen-bond acceptors (Lipinski definition) is 3. The summed E-state index contributed by atoms with van der Waals surface area (Å²) in [6.45, 7) is 5.27. The summed E-state index contributed by atoms with van der Waals surface area (Å²) >= 11 is 0. The van der Waals surface area contributed by atoms with Crippen LogP contribution in [0.25, 0.3) is 11.1 Å². The Morgan fingerprint density at radius 2 is 2.18 bits per heavy atom. The molecule has 1 atom stereocenters. The summed E-state index contributed by atoms with van der Waals surface area (Å²) in [7, 11) is 3.73. The van der Waals surface area contributed by atoms with Crippen LogP contribution in [-0.2, 0) is 18.4 Å². The van der Waals surface area contributed by atoms with Gasteiger partial charge in [-0.2, -0.15) is 5.10 Å². The predicted octanol–water partition coefficient (Wildman–Crippen LogP) is 2.04. The molecule has 0 aliphatic heterocycles. The van der Waals surface area contributed by atoms with Crippen LogP contribution in [-0.4, -0.2) is 40.2 Å². The normalized spacial score (nSPS) is 12.2. The fourth-order valence-corrected chi connectivity index (χ4v) is 2.28. The number of carbonyl (C=O) groups excluding carboxylic acids is 1. The quantitative estimate of drug-likeness (QED) is 0.888. The zero-order valence-corrected chi connectivity index (χ0v) is 13.7. The van der Waals surface area contributed by atoms with Gasteiger partial charge in [0.25, 0.3) is 0 Å². The van der Waals surface area contributed by atoms with Gasteiger partial charge in [-0.15, -0.1) is 0 Å². The number of amides is 1. The van der Waals surface area contributed by atoms with Gasteiger partial charge in [0.15, 0.2) is 0 Å². The van der Waals surface area contributed by atoms with Crippen LogP contribution >= 0.6 is 0 Å². The maximum atomic E-state index is 12.0. The smallest absolute Gasteiger partial charge is 0.239 e. The summed E-state index contributed by atoms with van der Waals surface area (Å²) in [5.74, 6) is 0.117. The second-order valence-corrected chi connectivity index (χ2v) is 5.56. The Morgan fingerprint density at radius 3 is 2.82 bits per heavy atom. The summed E-state index contributed by atoms with van der Waals surface area (Å²) in [5, 5.41) is 7.49. The van der Waals surface area contributed by atoms with E-state index < -0.39 is 0 Å². The van der Waals surface area contributed by atoms with Gasteiger partial charge in [-0.3, -0.25) is 9.48 Å². The highest BCUT2D eigenvalue weighted by molar-refractivity contribution is 5.81. The standard InChI is InChI=1S/C17H24N4O/c1-5-20(3)17(22)13(2)18-10-14-7-6-8-15(9-14)16-11-19-21(4)12-16/h6-9,11-13,18H,5,10H2,1-4H3. The van der Waals surface area contributed by atoms with E-state index >= 15 is 0 Å². The summed E-state index contributed by atoms with van der Waals surface area (Å²) in [6.07, 6.45) is 3.85. The van der Waals surface area contributed by atoms with Gasteiger partial charge in [-0.05, 0) is 31.0 Å². The molecular weight excluding hydrogens is 276 g/mol. The van der Waals surface area contributed by atoms with Gasteiger partial charge in [-0.1, -0.05) is 18.2 Å². The van der Waals surface area contributed by atoms with Crippen LogP contribution in [0.2, 0.25) is 0 Å². The molecule has 0 fully saturated rings. The van der Waals surface area contributed by atoms with E-state index in [1.165, 1.54) is 0 Å². The maximum Gasteiger partial charge on any atom is 0.239 e. The Morgan fingerprint density at radius 1 is 1.41 bits per heavy atom. The molecule has 0 saturated carbocycles. The van der Waals surface area contributed by atoms with Crippen LogP contribution in [0.3, 0.4) is 0 Å². The van der Waals surface area contributed by atoms with Crippen molar-refractivity contribution in [1.29, 1.82) is 0 Å². The van der Waals surface area contributed by atoms with Gasteiger partial charge >= 0.3 is 0 Å². The van der Waals surface area contributed by atoms with E-state index in [2.05, 4.69) is 28.6 Å². The monoisotopic (exact) mass is 300 g/mol. The largest absolute Gasteiger partial charge is 0.345 e. The van der Waals surface area contributed by atoms with Gasteiger partial charge in [0.2, 0.25) is 5.91 Å². The molecule has 0 saturated heterocycles. The number of nitrogens with zero attached hydrogens (tertiary/aromatic N) is 3. The van der Waals surface area contributed by atoms with Crippen molar-refractivity contribution in [3.63, 3.8) is 0 Å². The van der Waals surface area contributed by atoms with Crippen molar-refractivity contribution in [2.75, 3.05) is 13.6 Å². The summed E-state index contributed by atoms with van der Waals surface area (Å²) in [4.78, 5) is 13.8. The lowest BCUT2D eigenvalue weighted by molar-refractivity contribution is -0.131. The van der Waals surface area contributed by atoms with Crippen LogP contribution in [0, 0.1) is 0 Å². The van der Waals surface area contributed by atoms with E-state index in [4.69, 9.17) is 0 Å². The van der Waals surface area contributed by atoms with E-state index in [0.29, 0.717) is 6.54 Å². The number of carbonyl (C=O) groups is 1. The zero-order chi connectivity index (χ0) is 16.1. The molecular formula is C17H24N4O. The van der Waals surface area contributed by atoms with E-state index in [1.54, 1.807) is 9.58 Å². The Balaban J connectivity index is 2.00. The number of benzene rings is 1. The van der Waals surface area contributed by atoms with Gasteiger partial charge in [-0.25, -0.2) is 0 Å². The molecule has 1 amide bonds. The number of aromatic nitrogens is 2. The van der Waals surface area contributed by atoms with Crippen LogP contribution < -0.4 is 5.32 Å². The third-order valence-electron chi connectivity index (χ3n) is 3.80. The lowest BCUT2D eigenvalue weighted by Gasteiger charge is -2.20. The zero-order valence-electron chi connectivity index (χ0n) is 13.7. The van der Waals surface area contributed by atoms with Gasteiger partial charge in [0.05, 0.1) is 12.2 Å². The van der Waals surface area contributed by atoms with E-state index in [-0.39, 0.29) is 11.9 Å². The topological polar surface area (TPSA) is 50.2 Å². The first kappa shape index (κ1) is 16.2. The van der Waals surface area contributed by atoms with Crippen molar-refractivity contribution in [2.24, 2.45) is 7.05 Å². The minimum atomic E-state index is -0.188. The third kappa shape index (κ3) is 3.95. The molecule has 1 aromatic carbocycles. The Labute approximate surface area is 131 Å². The van der Waals surface area contributed by atoms with E-state index in [9.17, 15) is 4.79 Å². The van der Waals surface area contributed by atoms with Gasteiger partial charge < -0.3 is 10.2 Å². The molecule has 1 heterocycles. The first-order valence-electron chi connectivity index (χ1n) is 7.57. The minimum absolute atomic E-state index is 0.117. The van der Waals surface area contributed by atoms with Crippen molar-refractivity contribution in [1.82, 2.24) is 20.0 Å². The molecule has 1 aromatic heterocycles. The highest BCUT2D eigenvalue weighted by atomic mass is 16.2. The van der Waals surface area contributed by atoms with Crippen molar-refractivity contribution in [3.8, 4) is 11.1 Å². The maximum absolute atomic E-state index is 12.0. The second-order valence-electron chi connectivity index (χ2n) is 5.56. The molecule has 2 aromatic rings. The van der Waals surface area contributed by atoms with Crippen molar-refractivity contribution in [3.05, 3.63) is 42.2 Å². The molecule has 0 aliphatic rings. The lowest BCUT2D eigenvalue weighted by Crippen LogP contribution is -2.42. The van der Waals surface area contributed by atoms with E-state index in [0.717, 1.165) is 23.2 Å². The lowest BCUT2D eigenvalue weighted by atomic mass is 10.1. The number of likely N-dealkylation sites (N-methyl/N-ethyl adjacent to an activating group) is 1. The summed E-state index contributed by atoms with van der Waals surface area (Å²) in [5.41, 5.74) is 3.39. The summed E-state index contributed by atoms with van der Waals surface area (Å²) in [6, 6.07) is 8.11. The molecule has 22 heavy (non-hydrogen) atoms. The van der Waals surface area contributed by atoms with Gasteiger partial charge in [0.1, 0.15) is 0 Å². The molecule has 5 nitrogen and oxygen atoms in total. The van der Waals surface area contributed by atoms with E-state index in [1.807, 2.05) is 46.4 Å². The minimum Gasteiger partial charge on any atom is -0.345 e. The predicted molar refractivity (Wildman–Crippen MR) is 88.3 cm³/mol. The fraction of sp³-hybridized carbons (Fsp3) is 0.412. The van der Waals surface area contributed by atoms with Crippen molar-refractivity contribution < 1.29 is 4.79 Å². The molecule has 0 spiro atoms. The molecule has 118 valence electrons. The highest BCUT2D eigenvalue weighted by Gasteiger charge is 2.15. The molecule has 1 N–H and O–H groups in total. The molecule has 2 rings (SSSR count). The molecule has 0 bridgehead atoms. The Bertz CT molecular complexity index is 635. The molecule has 0 aliphatic carbocycles. The Kier molecular flexibility index (Phi) is 5.33. The average molecular weight is 300 g/mol. The van der Waals surface area contributed by atoms with Gasteiger partial charge in [0, 0.05) is 38.9 Å². The second kappa shape index (κ2) is 7.22. The first-order valence-corrected chi connectivity index (χ1v) is 7.57. The highest BCUT2D eigenvalue weighted by Crippen LogP contribution is 2.19. The average Bonchev–Trinajstić information content (AvgIpc) is 2.98. The number of hydrogen-bond donors (Lipinski definition) is 1. The number of rotatable bonds is 6. The molecule has 5 heteroatoms.